The molecule has 0 aliphatic carbocycles. The van der Waals surface area contributed by atoms with Gasteiger partial charge in [0, 0.05) is 13.1 Å². The van der Waals surface area contributed by atoms with Crippen molar-refractivity contribution < 1.29 is 29.3 Å². The van der Waals surface area contributed by atoms with Gasteiger partial charge in [-0.3, -0.25) is 4.90 Å². The lowest BCUT2D eigenvalue weighted by atomic mass is 10.0. The third kappa shape index (κ3) is 8.82. The number of unbranched alkanes of at least 4 members (excludes halogenated alkanes) is 1. The molecule has 1 aliphatic heterocycles. The molecule has 0 atom stereocenters. The van der Waals surface area contributed by atoms with Gasteiger partial charge in [0.15, 0.2) is 0 Å². The van der Waals surface area contributed by atoms with Gasteiger partial charge in [0.1, 0.15) is 5.75 Å². The highest BCUT2D eigenvalue weighted by Gasteiger charge is 2.10. The molecular weight excluding hydrogens is 338 g/mol. The molecule has 0 bridgehead atoms. The van der Waals surface area contributed by atoms with Crippen molar-refractivity contribution in [2.45, 2.75) is 32.6 Å². The van der Waals surface area contributed by atoms with Crippen LogP contribution in [0.25, 0.3) is 0 Å². The Morgan fingerprint density at radius 1 is 1.12 bits per heavy atom. The molecule has 146 valence electrons. The molecule has 1 fully saturated rings. The van der Waals surface area contributed by atoms with E-state index in [9.17, 15) is 0 Å². The van der Waals surface area contributed by atoms with Gasteiger partial charge in [-0.1, -0.05) is 32.0 Å². The number of ether oxygens (including phenoxy) is 2. The van der Waals surface area contributed by atoms with Crippen LogP contribution >= 0.6 is 0 Å². The number of rotatable bonds is 7. The van der Waals surface area contributed by atoms with E-state index in [-0.39, 0.29) is 0 Å². The number of carbonyl (C=O) groups is 2. The Balaban J connectivity index is 0.000000487. The summed E-state index contributed by atoms with van der Waals surface area (Å²) in [5.74, 6) is -2.08. The van der Waals surface area contributed by atoms with Crippen molar-refractivity contribution in [3.63, 3.8) is 0 Å². The summed E-state index contributed by atoms with van der Waals surface area (Å²) in [5, 5.41) is 14.8. The maximum absolute atomic E-state index is 9.10. The fraction of sp³-hybridized carbons (Fsp3) is 0.579. The molecule has 1 saturated heterocycles. The first-order chi connectivity index (χ1) is 12.4. The Kier molecular flexibility index (Phi) is 10.3. The molecule has 0 aromatic heterocycles. The highest BCUT2D eigenvalue weighted by molar-refractivity contribution is 6.27. The van der Waals surface area contributed by atoms with E-state index in [1.807, 2.05) is 0 Å². The number of para-hydroxylation sites is 1. The van der Waals surface area contributed by atoms with E-state index >= 15 is 0 Å². The molecule has 1 aromatic carbocycles. The van der Waals surface area contributed by atoms with Gasteiger partial charge in [0.05, 0.1) is 19.8 Å². The van der Waals surface area contributed by atoms with E-state index in [0.29, 0.717) is 5.92 Å². The van der Waals surface area contributed by atoms with E-state index in [1.165, 1.54) is 18.5 Å². The molecule has 1 heterocycles. The van der Waals surface area contributed by atoms with Crippen LogP contribution in [0.4, 0.5) is 0 Å². The monoisotopic (exact) mass is 367 g/mol. The van der Waals surface area contributed by atoms with Crippen LogP contribution in [0.1, 0.15) is 38.2 Å². The summed E-state index contributed by atoms with van der Waals surface area (Å²) in [4.78, 5) is 20.7. The minimum atomic E-state index is -1.82. The minimum Gasteiger partial charge on any atom is -0.493 e. The Hall–Kier alpha value is -2.12. The average molecular weight is 367 g/mol. The molecular formula is C19H29NO6. The van der Waals surface area contributed by atoms with Crippen molar-refractivity contribution in [3.05, 3.63) is 29.8 Å². The average Bonchev–Trinajstić information content (AvgIpc) is 2.63. The summed E-state index contributed by atoms with van der Waals surface area (Å²) in [6, 6.07) is 8.38. The number of benzene rings is 1. The quantitative estimate of drug-likeness (QED) is 0.564. The zero-order chi connectivity index (χ0) is 19.4. The highest BCUT2D eigenvalue weighted by Crippen LogP contribution is 2.25. The third-order valence-corrected chi connectivity index (χ3v) is 3.95. The normalized spacial score (nSPS) is 14.4. The fourth-order valence-electron chi connectivity index (χ4n) is 2.53. The van der Waals surface area contributed by atoms with E-state index in [1.54, 1.807) is 0 Å². The van der Waals surface area contributed by atoms with Crippen molar-refractivity contribution >= 4 is 11.9 Å². The molecule has 7 heteroatoms. The van der Waals surface area contributed by atoms with Crippen LogP contribution < -0.4 is 4.74 Å². The molecule has 26 heavy (non-hydrogen) atoms. The minimum absolute atomic E-state index is 0.513. The SMILES string of the molecule is CC(C)c1ccccc1OCCCCN1CCOCC1.O=C(O)C(=O)O. The standard InChI is InChI=1S/C17H27NO2.C2H2O4/c1-15(2)16-7-3-4-8-17(16)20-12-6-5-9-18-10-13-19-14-11-18;3-1(4)2(5)6/h3-4,7-8,15H,5-6,9-14H2,1-2H3;(H,3,4)(H,5,6). The van der Waals surface area contributed by atoms with Gasteiger partial charge in [0.25, 0.3) is 0 Å². The molecule has 0 saturated carbocycles. The van der Waals surface area contributed by atoms with Crippen molar-refractivity contribution in [2.24, 2.45) is 0 Å². The molecule has 1 aliphatic rings. The molecule has 0 spiro atoms. The maximum Gasteiger partial charge on any atom is 0.414 e. The van der Waals surface area contributed by atoms with Gasteiger partial charge in [-0.2, -0.15) is 0 Å². The molecule has 0 unspecified atom stereocenters. The number of nitrogens with zero attached hydrogens (tertiary/aromatic N) is 1. The zero-order valence-electron chi connectivity index (χ0n) is 15.5. The summed E-state index contributed by atoms with van der Waals surface area (Å²) in [6.45, 7) is 10.3. The molecule has 1 aromatic rings. The van der Waals surface area contributed by atoms with Gasteiger partial charge < -0.3 is 19.7 Å². The van der Waals surface area contributed by atoms with Gasteiger partial charge in [-0.25, -0.2) is 9.59 Å². The lowest BCUT2D eigenvalue weighted by Crippen LogP contribution is -2.36. The van der Waals surface area contributed by atoms with Gasteiger partial charge in [-0.05, 0) is 36.9 Å². The van der Waals surface area contributed by atoms with Crippen LogP contribution in [0.5, 0.6) is 5.75 Å². The Morgan fingerprint density at radius 3 is 2.31 bits per heavy atom. The molecule has 2 N–H and O–H groups in total. The molecule has 2 rings (SSSR count). The van der Waals surface area contributed by atoms with Crippen LogP contribution in [0.3, 0.4) is 0 Å². The lowest BCUT2D eigenvalue weighted by molar-refractivity contribution is -0.159. The van der Waals surface area contributed by atoms with Crippen LogP contribution in [0, 0.1) is 0 Å². The number of morpholine rings is 1. The fourth-order valence-corrected chi connectivity index (χ4v) is 2.53. The smallest absolute Gasteiger partial charge is 0.414 e. The van der Waals surface area contributed by atoms with Crippen LogP contribution in [0.15, 0.2) is 24.3 Å². The first-order valence-corrected chi connectivity index (χ1v) is 8.90. The number of aliphatic carboxylic acids is 2. The topological polar surface area (TPSA) is 96.3 Å². The summed E-state index contributed by atoms with van der Waals surface area (Å²) in [5.41, 5.74) is 1.31. The lowest BCUT2D eigenvalue weighted by Gasteiger charge is -2.26. The zero-order valence-corrected chi connectivity index (χ0v) is 15.5. The summed E-state index contributed by atoms with van der Waals surface area (Å²) < 4.78 is 11.3. The van der Waals surface area contributed by atoms with Crippen molar-refractivity contribution in [2.75, 3.05) is 39.5 Å². The number of hydrogen-bond acceptors (Lipinski definition) is 5. The first kappa shape index (κ1) is 21.9. The predicted molar refractivity (Wildman–Crippen MR) is 97.8 cm³/mol. The molecule has 7 nitrogen and oxygen atoms in total. The molecule has 0 radical (unpaired) electrons. The Labute approximate surface area is 154 Å². The number of carboxylic acid groups (broad SMARTS) is 2. The predicted octanol–water partition coefficient (Wildman–Crippen LogP) is 2.46. The second-order valence-corrected chi connectivity index (χ2v) is 6.31. The van der Waals surface area contributed by atoms with Crippen LogP contribution in [0.2, 0.25) is 0 Å². The Morgan fingerprint density at radius 2 is 1.73 bits per heavy atom. The van der Waals surface area contributed by atoms with Gasteiger partial charge in [0.2, 0.25) is 0 Å². The molecule has 0 amide bonds. The number of carboxylic acids is 2. The van der Waals surface area contributed by atoms with E-state index in [2.05, 4.69) is 43.0 Å². The summed E-state index contributed by atoms with van der Waals surface area (Å²) in [7, 11) is 0. The van der Waals surface area contributed by atoms with Crippen molar-refractivity contribution in [1.82, 2.24) is 4.90 Å². The van der Waals surface area contributed by atoms with Crippen molar-refractivity contribution in [3.8, 4) is 5.75 Å². The van der Waals surface area contributed by atoms with Crippen LogP contribution in [-0.4, -0.2) is 66.5 Å². The van der Waals surface area contributed by atoms with E-state index < -0.39 is 11.9 Å². The Bertz CT molecular complexity index is 543. The second-order valence-electron chi connectivity index (χ2n) is 6.31. The summed E-state index contributed by atoms with van der Waals surface area (Å²) in [6.07, 6.45) is 2.31. The third-order valence-electron chi connectivity index (χ3n) is 3.95. The van der Waals surface area contributed by atoms with Gasteiger partial charge >= 0.3 is 11.9 Å². The largest absolute Gasteiger partial charge is 0.493 e. The highest BCUT2D eigenvalue weighted by atomic mass is 16.5. The first-order valence-electron chi connectivity index (χ1n) is 8.90. The van der Waals surface area contributed by atoms with Crippen LogP contribution in [-0.2, 0) is 14.3 Å². The van der Waals surface area contributed by atoms with Crippen molar-refractivity contribution in [1.29, 1.82) is 0 Å². The number of hydrogen-bond donors (Lipinski definition) is 2. The van der Waals surface area contributed by atoms with E-state index in [0.717, 1.165) is 45.1 Å². The van der Waals surface area contributed by atoms with Gasteiger partial charge in [-0.15, -0.1) is 0 Å². The summed E-state index contributed by atoms with van der Waals surface area (Å²) >= 11 is 0. The second kappa shape index (κ2) is 12.3. The van der Waals surface area contributed by atoms with E-state index in [4.69, 9.17) is 29.3 Å². The maximum atomic E-state index is 9.10.